The average molecular weight is 218 g/mol. The molecule has 0 bridgehead atoms. The van der Waals surface area contributed by atoms with Gasteiger partial charge in [0.05, 0.1) is 12.2 Å². The summed E-state index contributed by atoms with van der Waals surface area (Å²) in [5.74, 6) is 1.69. The zero-order chi connectivity index (χ0) is 10.4. The number of thioether (sulfide) groups is 1. The number of hydrogen-bond acceptors (Lipinski definition) is 4. The second-order valence-electron chi connectivity index (χ2n) is 3.69. The molecular weight excluding hydrogens is 200 g/mol. The van der Waals surface area contributed by atoms with Crippen LogP contribution in [0.25, 0.3) is 0 Å². The van der Waals surface area contributed by atoms with E-state index >= 15 is 0 Å². The first-order valence-electron chi connectivity index (χ1n) is 5.12. The fraction of sp³-hybridized carbons (Fsp3) is 0.900. The molecule has 1 aliphatic heterocycles. The van der Waals surface area contributed by atoms with E-state index in [9.17, 15) is 9.90 Å². The van der Waals surface area contributed by atoms with Gasteiger partial charge < -0.3 is 9.84 Å². The van der Waals surface area contributed by atoms with Gasteiger partial charge in [-0.15, -0.1) is 0 Å². The highest BCUT2D eigenvalue weighted by atomic mass is 32.2. The van der Waals surface area contributed by atoms with Crippen LogP contribution in [0.2, 0.25) is 0 Å². The minimum Gasteiger partial charge on any atom is -0.466 e. The highest BCUT2D eigenvalue weighted by Gasteiger charge is 2.30. The number of carbonyl (C=O) groups excluding carboxylic acids is 1. The van der Waals surface area contributed by atoms with Gasteiger partial charge in [-0.25, -0.2) is 0 Å². The highest BCUT2D eigenvalue weighted by molar-refractivity contribution is 7.99. The van der Waals surface area contributed by atoms with E-state index in [1.165, 1.54) is 0 Å². The number of rotatable bonds is 4. The zero-order valence-electron chi connectivity index (χ0n) is 8.62. The van der Waals surface area contributed by atoms with Crippen molar-refractivity contribution in [3.8, 4) is 0 Å². The quantitative estimate of drug-likeness (QED) is 0.728. The van der Waals surface area contributed by atoms with Crippen molar-refractivity contribution in [1.29, 1.82) is 0 Å². The first-order chi connectivity index (χ1) is 6.66. The monoisotopic (exact) mass is 218 g/mol. The summed E-state index contributed by atoms with van der Waals surface area (Å²) in [5.41, 5.74) is -0.629. The van der Waals surface area contributed by atoms with Crippen molar-refractivity contribution in [2.75, 3.05) is 18.1 Å². The molecular formula is C10H18O3S. The summed E-state index contributed by atoms with van der Waals surface area (Å²) in [4.78, 5) is 11.1. The smallest absolute Gasteiger partial charge is 0.305 e. The summed E-state index contributed by atoms with van der Waals surface area (Å²) >= 11 is 1.76. The summed E-state index contributed by atoms with van der Waals surface area (Å²) in [6.45, 7) is 2.22. The van der Waals surface area contributed by atoms with Gasteiger partial charge in [-0.1, -0.05) is 0 Å². The van der Waals surface area contributed by atoms with Crippen LogP contribution < -0.4 is 0 Å². The van der Waals surface area contributed by atoms with Gasteiger partial charge in [-0.05, 0) is 31.9 Å². The van der Waals surface area contributed by atoms with Crippen molar-refractivity contribution in [1.82, 2.24) is 0 Å². The van der Waals surface area contributed by atoms with E-state index in [-0.39, 0.29) is 5.97 Å². The Morgan fingerprint density at radius 3 is 3.00 bits per heavy atom. The maximum atomic E-state index is 11.1. The molecule has 0 aliphatic carbocycles. The lowest BCUT2D eigenvalue weighted by atomic mass is 9.94. The van der Waals surface area contributed by atoms with E-state index in [0.717, 1.165) is 24.3 Å². The molecule has 1 unspecified atom stereocenters. The summed E-state index contributed by atoms with van der Waals surface area (Å²) in [5, 5.41) is 10.1. The van der Waals surface area contributed by atoms with E-state index in [1.54, 1.807) is 18.7 Å². The third kappa shape index (κ3) is 3.88. The van der Waals surface area contributed by atoms with Gasteiger partial charge in [0.15, 0.2) is 0 Å². The van der Waals surface area contributed by atoms with Crippen LogP contribution in [0.5, 0.6) is 0 Å². The minimum absolute atomic E-state index is 0.198. The van der Waals surface area contributed by atoms with Gasteiger partial charge >= 0.3 is 5.97 Å². The first kappa shape index (κ1) is 11.9. The molecule has 0 aromatic heterocycles. The summed E-state index contributed by atoms with van der Waals surface area (Å²) in [6.07, 6.45) is 2.74. The standard InChI is InChI=1S/C10H18O3S/c1-2-13-9(11)4-6-10(12)5-3-7-14-8-10/h12H,2-8H2,1H3. The summed E-state index contributed by atoms with van der Waals surface area (Å²) < 4.78 is 4.82. The minimum atomic E-state index is -0.629. The van der Waals surface area contributed by atoms with Crippen molar-refractivity contribution in [2.45, 2.75) is 38.2 Å². The number of carbonyl (C=O) groups is 1. The van der Waals surface area contributed by atoms with E-state index in [2.05, 4.69) is 0 Å². The van der Waals surface area contributed by atoms with Crippen molar-refractivity contribution < 1.29 is 14.6 Å². The normalized spacial score (nSPS) is 27.3. The van der Waals surface area contributed by atoms with Gasteiger partial charge in [0.2, 0.25) is 0 Å². The lowest BCUT2D eigenvalue weighted by Gasteiger charge is -2.31. The second-order valence-corrected chi connectivity index (χ2v) is 4.79. The highest BCUT2D eigenvalue weighted by Crippen LogP contribution is 2.30. The Morgan fingerprint density at radius 2 is 2.43 bits per heavy atom. The summed E-state index contributed by atoms with van der Waals surface area (Å²) in [6, 6.07) is 0. The molecule has 0 saturated carbocycles. The average Bonchev–Trinajstić information content (AvgIpc) is 2.17. The van der Waals surface area contributed by atoms with E-state index < -0.39 is 5.60 Å². The number of aliphatic hydroxyl groups is 1. The van der Waals surface area contributed by atoms with Crippen LogP contribution in [0.15, 0.2) is 0 Å². The molecule has 1 rings (SSSR count). The van der Waals surface area contributed by atoms with Crippen molar-refractivity contribution >= 4 is 17.7 Å². The van der Waals surface area contributed by atoms with Gasteiger partial charge in [-0.3, -0.25) is 4.79 Å². The van der Waals surface area contributed by atoms with Crippen LogP contribution in [-0.4, -0.2) is 34.8 Å². The maximum Gasteiger partial charge on any atom is 0.305 e. The molecule has 4 heteroatoms. The first-order valence-corrected chi connectivity index (χ1v) is 6.27. The predicted molar refractivity (Wildman–Crippen MR) is 57.4 cm³/mol. The van der Waals surface area contributed by atoms with E-state index in [1.807, 2.05) is 0 Å². The fourth-order valence-corrected chi connectivity index (χ4v) is 2.76. The molecule has 0 aromatic rings. The molecule has 0 aromatic carbocycles. The van der Waals surface area contributed by atoms with Crippen molar-refractivity contribution in [3.05, 3.63) is 0 Å². The Labute approximate surface area is 89.2 Å². The van der Waals surface area contributed by atoms with Crippen LogP contribution in [-0.2, 0) is 9.53 Å². The topological polar surface area (TPSA) is 46.5 Å². The Bertz CT molecular complexity index is 188. The molecule has 0 spiro atoms. The van der Waals surface area contributed by atoms with Crippen LogP contribution in [0, 0.1) is 0 Å². The Balaban J connectivity index is 2.24. The van der Waals surface area contributed by atoms with Crippen molar-refractivity contribution in [2.24, 2.45) is 0 Å². The Morgan fingerprint density at radius 1 is 1.64 bits per heavy atom. The molecule has 82 valence electrons. The molecule has 1 saturated heterocycles. The number of hydrogen-bond donors (Lipinski definition) is 1. The zero-order valence-corrected chi connectivity index (χ0v) is 9.44. The van der Waals surface area contributed by atoms with Gasteiger partial charge in [0, 0.05) is 12.2 Å². The molecule has 1 atom stereocenters. The molecule has 3 nitrogen and oxygen atoms in total. The third-order valence-corrected chi connectivity index (χ3v) is 3.72. The lowest BCUT2D eigenvalue weighted by molar-refractivity contribution is -0.144. The van der Waals surface area contributed by atoms with Gasteiger partial charge in [-0.2, -0.15) is 11.8 Å². The second kappa shape index (κ2) is 5.61. The van der Waals surface area contributed by atoms with Crippen LogP contribution in [0.4, 0.5) is 0 Å². The lowest BCUT2D eigenvalue weighted by Crippen LogP contribution is -2.35. The SMILES string of the molecule is CCOC(=O)CCC1(O)CCCSC1. The molecule has 1 heterocycles. The maximum absolute atomic E-state index is 11.1. The molecule has 1 fully saturated rings. The third-order valence-electron chi connectivity index (χ3n) is 2.40. The van der Waals surface area contributed by atoms with Gasteiger partial charge in [0.1, 0.15) is 0 Å². The Hall–Kier alpha value is -0.220. The molecule has 14 heavy (non-hydrogen) atoms. The molecule has 0 radical (unpaired) electrons. The summed E-state index contributed by atoms with van der Waals surface area (Å²) in [7, 11) is 0. The van der Waals surface area contributed by atoms with E-state index in [0.29, 0.717) is 19.4 Å². The fourth-order valence-electron chi connectivity index (χ4n) is 1.60. The molecule has 0 amide bonds. The van der Waals surface area contributed by atoms with Crippen LogP contribution in [0.1, 0.15) is 32.6 Å². The van der Waals surface area contributed by atoms with Gasteiger partial charge in [0.25, 0.3) is 0 Å². The van der Waals surface area contributed by atoms with Crippen LogP contribution in [0.3, 0.4) is 0 Å². The van der Waals surface area contributed by atoms with Crippen LogP contribution >= 0.6 is 11.8 Å². The van der Waals surface area contributed by atoms with E-state index in [4.69, 9.17) is 4.74 Å². The molecule has 1 aliphatic rings. The Kier molecular flexibility index (Phi) is 4.75. The predicted octanol–water partition coefficient (Wildman–Crippen LogP) is 1.59. The largest absolute Gasteiger partial charge is 0.466 e. The van der Waals surface area contributed by atoms with Crippen molar-refractivity contribution in [3.63, 3.8) is 0 Å². The number of ether oxygens (including phenoxy) is 1. The number of esters is 1. The molecule has 1 N–H and O–H groups in total.